The summed E-state index contributed by atoms with van der Waals surface area (Å²) in [5.74, 6) is -0.848. The van der Waals surface area contributed by atoms with E-state index < -0.39 is 28.2 Å². The Morgan fingerprint density at radius 2 is 1.82 bits per heavy atom. The summed E-state index contributed by atoms with van der Waals surface area (Å²) in [7, 11) is 2.93. The van der Waals surface area contributed by atoms with Gasteiger partial charge in [-0.2, -0.15) is 0 Å². The van der Waals surface area contributed by atoms with Crippen molar-refractivity contribution in [2.24, 2.45) is 0 Å². The van der Waals surface area contributed by atoms with Gasteiger partial charge >= 0.3 is 5.97 Å². The highest BCUT2D eigenvalue weighted by Crippen LogP contribution is 2.33. The third-order valence-corrected chi connectivity index (χ3v) is 6.14. The molecule has 3 N–H and O–H groups in total. The average molecular weight is 559 g/mol. The minimum atomic E-state index is -2.10. The number of nitrogens with one attached hydrogen (secondary N) is 2. The van der Waals surface area contributed by atoms with Crippen molar-refractivity contribution in [2.75, 3.05) is 20.8 Å². The van der Waals surface area contributed by atoms with E-state index in [1.807, 2.05) is 0 Å². The van der Waals surface area contributed by atoms with Crippen LogP contribution in [-0.2, 0) is 14.4 Å². The number of carbonyl (C=O) groups is 2. The fraction of sp³-hybridized carbons (Fsp3) is 0.385. The first-order valence-corrected chi connectivity index (χ1v) is 12.2. The Hall–Kier alpha value is -4.88. The van der Waals surface area contributed by atoms with E-state index in [1.165, 1.54) is 21.1 Å². The van der Waals surface area contributed by atoms with Crippen LogP contribution in [-0.4, -0.2) is 58.6 Å². The van der Waals surface area contributed by atoms with Gasteiger partial charge in [-0.05, 0) is 43.5 Å². The first-order chi connectivity index (χ1) is 18.9. The monoisotopic (exact) mass is 558 g/mol. The highest BCUT2D eigenvalue weighted by atomic mass is 16.9. The molecule has 214 valence electrons. The quantitative estimate of drug-likeness (QED) is 0.121. The molecule has 0 aliphatic carbocycles. The van der Waals surface area contributed by atoms with Gasteiger partial charge in [0.1, 0.15) is 28.5 Å². The number of amides is 1. The Morgan fingerprint density at radius 1 is 1.15 bits per heavy atom. The number of fused-ring (bicyclic) bond motifs is 1. The molecule has 1 amide bonds. The van der Waals surface area contributed by atoms with Gasteiger partial charge in [0.15, 0.2) is 0 Å². The lowest BCUT2D eigenvalue weighted by molar-refractivity contribution is -0.757. The third-order valence-electron chi connectivity index (χ3n) is 6.14. The number of hydrogen-bond donors (Lipinski definition) is 3. The highest BCUT2D eigenvalue weighted by Gasteiger charge is 2.41. The first kappa shape index (κ1) is 29.7. The number of aliphatic carboxylic acids is 1. The maximum Gasteiger partial charge on any atom is 0.370 e. The van der Waals surface area contributed by atoms with Crippen molar-refractivity contribution < 1.29 is 38.8 Å². The first-order valence-electron chi connectivity index (χ1n) is 12.2. The van der Waals surface area contributed by atoms with Gasteiger partial charge in [-0.25, -0.2) is 9.78 Å². The van der Waals surface area contributed by atoms with Gasteiger partial charge < -0.3 is 34.5 Å². The molecular formula is C26H30N4O10. The lowest BCUT2D eigenvalue weighted by Crippen LogP contribution is -2.58. The summed E-state index contributed by atoms with van der Waals surface area (Å²) in [5, 5.41) is 21.9. The van der Waals surface area contributed by atoms with Crippen LogP contribution in [0.4, 0.5) is 0 Å². The predicted molar refractivity (Wildman–Crippen MR) is 142 cm³/mol. The Kier molecular flexibility index (Phi) is 9.14. The van der Waals surface area contributed by atoms with Crippen molar-refractivity contribution in [3.8, 4) is 28.6 Å². The minimum absolute atomic E-state index is 0.00763. The van der Waals surface area contributed by atoms with E-state index in [9.17, 15) is 29.6 Å². The maximum atomic E-state index is 12.9. The summed E-state index contributed by atoms with van der Waals surface area (Å²) >= 11 is 0. The number of aryl methyl sites for hydroxylation is 2. The summed E-state index contributed by atoms with van der Waals surface area (Å²) in [6.07, 6.45) is -0.323. The van der Waals surface area contributed by atoms with E-state index in [4.69, 9.17) is 14.2 Å². The van der Waals surface area contributed by atoms with Crippen molar-refractivity contribution in [3.05, 3.63) is 55.9 Å². The van der Waals surface area contributed by atoms with Gasteiger partial charge in [-0.3, -0.25) is 9.59 Å². The van der Waals surface area contributed by atoms with Crippen molar-refractivity contribution in [1.29, 1.82) is 0 Å². The van der Waals surface area contributed by atoms with E-state index in [0.29, 0.717) is 33.7 Å². The zero-order valence-electron chi connectivity index (χ0n) is 22.7. The molecule has 0 radical (unpaired) electrons. The molecule has 1 unspecified atom stereocenters. The molecule has 3 rings (SSSR count). The maximum absolute atomic E-state index is 12.9. The van der Waals surface area contributed by atoms with E-state index in [2.05, 4.69) is 20.1 Å². The highest BCUT2D eigenvalue weighted by molar-refractivity contribution is 5.88. The van der Waals surface area contributed by atoms with E-state index >= 15 is 0 Å². The third kappa shape index (κ3) is 6.39. The number of carboxylic acid groups (broad SMARTS) is 1. The second-order valence-corrected chi connectivity index (χ2v) is 8.87. The molecule has 3 aromatic rings. The number of aromatic nitrogens is 2. The van der Waals surface area contributed by atoms with E-state index in [-0.39, 0.29) is 42.8 Å². The Morgan fingerprint density at radius 3 is 2.38 bits per heavy atom. The van der Waals surface area contributed by atoms with Crippen LogP contribution in [0.1, 0.15) is 37.3 Å². The Bertz CT molecular complexity index is 1480. The molecular weight excluding hydrogens is 528 g/mol. The Labute approximate surface area is 228 Å². The summed E-state index contributed by atoms with van der Waals surface area (Å²) < 4.78 is 16.5. The van der Waals surface area contributed by atoms with Crippen LogP contribution in [0.15, 0.2) is 29.1 Å². The number of hydrogen-bond acceptors (Lipinski definition) is 10. The van der Waals surface area contributed by atoms with Crippen LogP contribution in [0.5, 0.6) is 17.2 Å². The summed E-state index contributed by atoms with van der Waals surface area (Å²) in [6, 6.07) is 6.54. The summed E-state index contributed by atoms with van der Waals surface area (Å²) in [6.45, 7) is 4.61. The van der Waals surface area contributed by atoms with Crippen LogP contribution in [0.25, 0.3) is 22.3 Å². The number of aromatic amines is 1. The van der Waals surface area contributed by atoms with Crippen molar-refractivity contribution >= 4 is 22.8 Å². The topological polar surface area (TPSA) is 192 Å². The number of H-pyrrole nitrogens is 1. The number of benzene rings is 2. The number of carboxylic acids is 1. The van der Waals surface area contributed by atoms with Crippen LogP contribution in [0.3, 0.4) is 0 Å². The van der Waals surface area contributed by atoms with E-state index in [1.54, 1.807) is 38.1 Å². The second kappa shape index (κ2) is 12.3. The van der Waals surface area contributed by atoms with Crippen LogP contribution in [0, 0.1) is 24.0 Å². The van der Waals surface area contributed by atoms with Crippen LogP contribution < -0.4 is 25.1 Å². The van der Waals surface area contributed by atoms with Gasteiger partial charge in [-0.1, -0.05) is 6.92 Å². The number of ether oxygens (including phenoxy) is 3. The molecule has 1 atom stereocenters. The Balaban J connectivity index is 1.95. The summed E-state index contributed by atoms with van der Waals surface area (Å²) in [4.78, 5) is 59.4. The zero-order valence-corrected chi connectivity index (χ0v) is 22.7. The summed E-state index contributed by atoms with van der Waals surface area (Å²) in [5.41, 5.74) is -0.580. The van der Waals surface area contributed by atoms with Gasteiger partial charge in [-0.15, -0.1) is 10.1 Å². The van der Waals surface area contributed by atoms with E-state index in [0.717, 1.165) is 0 Å². The molecule has 2 aromatic carbocycles. The molecule has 0 aliphatic heterocycles. The number of rotatable bonds is 13. The van der Waals surface area contributed by atoms with Crippen LogP contribution in [0.2, 0.25) is 0 Å². The lowest BCUT2D eigenvalue weighted by atomic mass is 10.0. The van der Waals surface area contributed by atoms with Gasteiger partial charge in [0, 0.05) is 30.5 Å². The molecule has 0 saturated heterocycles. The lowest BCUT2D eigenvalue weighted by Gasteiger charge is -2.31. The van der Waals surface area contributed by atoms with Gasteiger partial charge in [0.05, 0.1) is 26.3 Å². The molecule has 1 aromatic heterocycles. The molecule has 0 bridgehead atoms. The zero-order chi connectivity index (χ0) is 29.6. The number of carbonyl (C=O) groups excluding carboxylic acids is 1. The average Bonchev–Trinajstić information content (AvgIpc) is 2.91. The second-order valence-electron chi connectivity index (χ2n) is 8.87. The molecule has 14 heteroatoms. The number of nitrogens with zero attached hydrogens (tertiary/aromatic N) is 2. The minimum Gasteiger partial charge on any atom is -0.497 e. The molecule has 0 spiro atoms. The predicted octanol–water partition coefficient (Wildman–Crippen LogP) is 2.90. The number of methoxy groups -OCH3 is 2. The standard InChI is InChI=1S/C26H30N4O10/c1-6-26(25(33)34,29-20(31)8-7-9-39-30(35)36)40-22-14(2)10-16(11-15(22)3)23-27-18-12-17(37-4)13-19(38-5)21(18)24(32)28-23/h10-13H,6-9H2,1-5H3,(H,29,31)(H,33,34)(H,27,28,32). The van der Waals surface area contributed by atoms with Crippen molar-refractivity contribution in [2.45, 2.75) is 45.8 Å². The van der Waals surface area contributed by atoms with Gasteiger partial charge in [0.2, 0.25) is 5.91 Å². The molecule has 0 saturated carbocycles. The molecule has 1 heterocycles. The van der Waals surface area contributed by atoms with Crippen LogP contribution >= 0.6 is 0 Å². The fourth-order valence-corrected chi connectivity index (χ4v) is 4.14. The molecule has 0 fully saturated rings. The smallest absolute Gasteiger partial charge is 0.370 e. The molecule has 0 aliphatic rings. The largest absolute Gasteiger partial charge is 0.497 e. The fourth-order valence-electron chi connectivity index (χ4n) is 4.14. The molecule has 40 heavy (non-hydrogen) atoms. The van der Waals surface area contributed by atoms with Crippen molar-refractivity contribution in [3.63, 3.8) is 0 Å². The SMILES string of the molecule is CCC(NC(=O)CCCO[N+](=O)[O-])(Oc1c(C)cc(-c2nc3cc(OC)cc(OC)c3c(=O)[nH]2)cc1C)C(=O)O. The van der Waals surface area contributed by atoms with Gasteiger partial charge in [0.25, 0.3) is 16.4 Å². The molecule has 14 nitrogen and oxygen atoms in total. The normalized spacial score (nSPS) is 12.3. The van der Waals surface area contributed by atoms with Crippen molar-refractivity contribution in [1.82, 2.24) is 15.3 Å².